The van der Waals surface area contributed by atoms with Gasteiger partial charge in [0.1, 0.15) is 5.69 Å². The number of rotatable bonds is 5. The summed E-state index contributed by atoms with van der Waals surface area (Å²) >= 11 is 0. The largest absolute Gasteiger partial charge is 0.353 e. The van der Waals surface area contributed by atoms with Crippen LogP contribution in [0.3, 0.4) is 0 Å². The maximum absolute atomic E-state index is 12.6. The van der Waals surface area contributed by atoms with Crippen LogP contribution in [0.5, 0.6) is 0 Å². The number of aromatic nitrogens is 2. The van der Waals surface area contributed by atoms with Crippen LogP contribution in [-0.2, 0) is 0 Å². The number of para-hydroxylation sites is 1. The molecule has 2 aromatic carbocycles. The van der Waals surface area contributed by atoms with Crippen molar-refractivity contribution in [3.63, 3.8) is 0 Å². The van der Waals surface area contributed by atoms with E-state index in [1.807, 2.05) is 61.6 Å². The van der Waals surface area contributed by atoms with Crippen molar-refractivity contribution in [3.8, 4) is 11.3 Å². The molecule has 2 aromatic heterocycles. The minimum Gasteiger partial charge on any atom is -0.353 e. The van der Waals surface area contributed by atoms with Crippen molar-refractivity contribution < 1.29 is 4.79 Å². The summed E-state index contributed by atoms with van der Waals surface area (Å²) in [5.41, 5.74) is 4.18. The smallest absolute Gasteiger partial charge is 0.269 e. The van der Waals surface area contributed by atoms with Crippen LogP contribution in [0.4, 0.5) is 0 Å². The van der Waals surface area contributed by atoms with Crippen LogP contribution < -0.4 is 10.6 Å². The number of hydrogen-bond acceptors (Lipinski definition) is 3. The van der Waals surface area contributed by atoms with E-state index in [0.717, 1.165) is 33.1 Å². The third-order valence-electron chi connectivity index (χ3n) is 4.44. The van der Waals surface area contributed by atoms with Crippen LogP contribution in [-0.4, -0.2) is 36.0 Å². The minimum atomic E-state index is -0.162. The lowest BCUT2D eigenvalue weighted by Crippen LogP contribution is -2.31. The number of hydrogen-bond donors (Lipinski definition) is 3. The topological polar surface area (TPSA) is 69.8 Å². The molecule has 1 amide bonds. The molecule has 0 saturated heterocycles. The third-order valence-corrected chi connectivity index (χ3v) is 4.44. The van der Waals surface area contributed by atoms with Gasteiger partial charge in [-0.2, -0.15) is 0 Å². The highest BCUT2D eigenvalue weighted by Gasteiger charge is 2.16. The molecule has 0 saturated carbocycles. The van der Waals surface area contributed by atoms with Gasteiger partial charge < -0.3 is 15.6 Å². The summed E-state index contributed by atoms with van der Waals surface area (Å²) in [6.45, 7) is 1.27. The Labute approximate surface area is 151 Å². The van der Waals surface area contributed by atoms with Crippen LogP contribution in [0, 0.1) is 0 Å². The van der Waals surface area contributed by atoms with E-state index in [4.69, 9.17) is 0 Å². The third kappa shape index (κ3) is 2.93. The van der Waals surface area contributed by atoms with Crippen molar-refractivity contribution in [2.45, 2.75) is 0 Å². The first-order valence-corrected chi connectivity index (χ1v) is 8.67. The summed E-state index contributed by atoms with van der Waals surface area (Å²) in [4.78, 5) is 20.7. The average molecular weight is 344 g/mol. The Morgan fingerprint density at radius 2 is 1.77 bits per heavy atom. The first-order chi connectivity index (χ1) is 12.8. The van der Waals surface area contributed by atoms with E-state index in [2.05, 4.69) is 26.7 Å². The number of aromatic amines is 1. The number of nitrogens with zero attached hydrogens (tertiary/aromatic N) is 1. The lowest BCUT2D eigenvalue weighted by atomic mass is 10.1. The lowest BCUT2D eigenvalue weighted by Gasteiger charge is -2.08. The van der Waals surface area contributed by atoms with Gasteiger partial charge >= 0.3 is 0 Å². The highest BCUT2D eigenvalue weighted by Crippen LogP contribution is 2.32. The van der Waals surface area contributed by atoms with Gasteiger partial charge in [0.25, 0.3) is 5.91 Å². The molecule has 0 bridgehead atoms. The van der Waals surface area contributed by atoms with Gasteiger partial charge in [0, 0.05) is 34.9 Å². The molecule has 5 heteroatoms. The monoisotopic (exact) mass is 344 g/mol. The SMILES string of the molecule is CNCCNC(=O)c1cc2c([nH]c3ccccc32)c(-c2ccccc2)n1. The molecule has 0 aliphatic carbocycles. The second kappa shape index (κ2) is 6.98. The van der Waals surface area contributed by atoms with Gasteiger partial charge in [0.05, 0.1) is 11.2 Å². The predicted octanol–water partition coefficient (Wildman–Crippen LogP) is 3.33. The average Bonchev–Trinajstić information content (AvgIpc) is 3.06. The van der Waals surface area contributed by atoms with Gasteiger partial charge in [0.15, 0.2) is 0 Å². The van der Waals surface area contributed by atoms with Crippen molar-refractivity contribution in [2.24, 2.45) is 0 Å². The van der Waals surface area contributed by atoms with Gasteiger partial charge in [-0.25, -0.2) is 4.98 Å². The molecule has 0 unspecified atom stereocenters. The number of benzene rings is 2. The normalized spacial score (nSPS) is 11.1. The van der Waals surface area contributed by atoms with Crippen LogP contribution >= 0.6 is 0 Å². The van der Waals surface area contributed by atoms with Gasteiger partial charge in [-0.15, -0.1) is 0 Å². The van der Waals surface area contributed by atoms with E-state index in [-0.39, 0.29) is 5.91 Å². The van der Waals surface area contributed by atoms with Gasteiger partial charge in [0.2, 0.25) is 0 Å². The van der Waals surface area contributed by atoms with Gasteiger partial charge in [-0.3, -0.25) is 4.79 Å². The highest BCUT2D eigenvalue weighted by molar-refractivity contribution is 6.13. The Morgan fingerprint density at radius 1 is 1.00 bits per heavy atom. The molecule has 2 heterocycles. The van der Waals surface area contributed by atoms with Crippen molar-refractivity contribution in [1.82, 2.24) is 20.6 Å². The molecular formula is C21H20N4O. The van der Waals surface area contributed by atoms with E-state index in [1.54, 1.807) is 0 Å². The Hall–Kier alpha value is -3.18. The summed E-state index contributed by atoms with van der Waals surface area (Å²) in [6.07, 6.45) is 0. The van der Waals surface area contributed by atoms with Gasteiger partial charge in [-0.1, -0.05) is 48.5 Å². The maximum Gasteiger partial charge on any atom is 0.269 e. The van der Waals surface area contributed by atoms with Crippen molar-refractivity contribution in [3.05, 3.63) is 66.4 Å². The molecule has 3 N–H and O–H groups in total. The Morgan fingerprint density at radius 3 is 2.58 bits per heavy atom. The Bertz CT molecular complexity index is 1070. The molecule has 130 valence electrons. The zero-order chi connectivity index (χ0) is 17.9. The summed E-state index contributed by atoms with van der Waals surface area (Å²) in [7, 11) is 1.86. The first-order valence-electron chi connectivity index (χ1n) is 8.67. The number of carbonyl (C=O) groups excluding carboxylic acids is 1. The van der Waals surface area contributed by atoms with Crippen LogP contribution in [0.1, 0.15) is 10.5 Å². The molecule has 5 nitrogen and oxygen atoms in total. The molecule has 4 rings (SSSR count). The number of amides is 1. The van der Waals surface area contributed by atoms with Crippen molar-refractivity contribution >= 4 is 27.7 Å². The zero-order valence-electron chi connectivity index (χ0n) is 14.5. The second-order valence-corrected chi connectivity index (χ2v) is 6.17. The number of likely N-dealkylation sites (N-methyl/N-ethyl adjacent to an activating group) is 1. The molecule has 0 aliphatic heterocycles. The van der Waals surface area contributed by atoms with E-state index in [9.17, 15) is 4.79 Å². The number of fused-ring (bicyclic) bond motifs is 3. The standard InChI is InChI=1S/C21H20N4O/c1-22-11-12-23-21(26)18-13-16-15-9-5-6-10-17(15)24-20(16)19(25-18)14-7-3-2-4-8-14/h2-10,13,22,24H,11-12H2,1H3,(H,23,26). The van der Waals surface area contributed by atoms with E-state index in [0.29, 0.717) is 18.8 Å². The van der Waals surface area contributed by atoms with E-state index >= 15 is 0 Å². The fourth-order valence-electron chi connectivity index (χ4n) is 3.16. The fraction of sp³-hybridized carbons (Fsp3) is 0.143. The highest BCUT2D eigenvalue weighted by atomic mass is 16.1. The Kier molecular flexibility index (Phi) is 4.37. The molecule has 0 aliphatic rings. The molecule has 0 atom stereocenters. The van der Waals surface area contributed by atoms with Crippen molar-refractivity contribution in [1.29, 1.82) is 0 Å². The summed E-state index contributed by atoms with van der Waals surface area (Å²) in [5, 5.41) is 8.03. The van der Waals surface area contributed by atoms with E-state index in [1.165, 1.54) is 0 Å². The van der Waals surface area contributed by atoms with E-state index < -0.39 is 0 Å². The first kappa shape index (κ1) is 16.3. The number of pyridine rings is 1. The Balaban J connectivity index is 1.91. The summed E-state index contributed by atoms with van der Waals surface area (Å²) < 4.78 is 0. The molecule has 26 heavy (non-hydrogen) atoms. The second-order valence-electron chi connectivity index (χ2n) is 6.17. The van der Waals surface area contributed by atoms with Crippen molar-refractivity contribution in [2.75, 3.05) is 20.1 Å². The van der Waals surface area contributed by atoms with Crippen LogP contribution in [0.25, 0.3) is 33.1 Å². The van der Waals surface area contributed by atoms with Gasteiger partial charge in [-0.05, 0) is 19.2 Å². The predicted molar refractivity (Wildman–Crippen MR) is 105 cm³/mol. The van der Waals surface area contributed by atoms with Crippen LogP contribution in [0.2, 0.25) is 0 Å². The molecule has 0 fully saturated rings. The maximum atomic E-state index is 12.6. The molecular weight excluding hydrogens is 324 g/mol. The fourth-order valence-corrected chi connectivity index (χ4v) is 3.16. The molecule has 4 aromatic rings. The quantitative estimate of drug-likeness (QED) is 0.486. The molecule has 0 spiro atoms. The molecule has 0 radical (unpaired) electrons. The lowest BCUT2D eigenvalue weighted by molar-refractivity contribution is 0.0949. The van der Waals surface area contributed by atoms with Crippen LogP contribution in [0.15, 0.2) is 60.7 Å². The number of nitrogens with one attached hydrogen (secondary N) is 3. The summed E-state index contributed by atoms with van der Waals surface area (Å²) in [6, 6.07) is 19.9. The number of carbonyl (C=O) groups is 1. The summed E-state index contributed by atoms with van der Waals surface area (Å²) in [5.74, 6) is -0.162. The minimum absolute atomic E-state index is 0.162. The number of H-pyrrole nitrogens is 1. The zero-order valence-corrected chi connectivity index (χ0v) is 14.5.